The van der Waals surface area contributed by atoms with Gasteiger partial charge in [-0.1, -0.05) is 0 Å². The summed E-state index contributed by atoms with van der Waals surface area (Å²) in [6.45, 7) is 1.20. The van der Waals surface area contributed by atoms with Crippen LogP contribution in [0.3, 0.4) is 0 Å². The number of aromatic amines is 1. The third-order valence-electron chi connectivity index (χ3n) is 2.86. The van der Waals surface area contributed by atoms with E-state index in [-0.39, 0.29) is 22.4 Å². The molecule has 2 N–H and O–H groups in total. The fourth-order valence-electron chi connectivity index (χ4n) is 1.89. The number of ketones is 1. The van der Waals surface area contributed by atoms with Crippen LogP contribution in [0.1, 0.15) is 33.3 Å². The summed E-state index contributed by atoms with van der Waals surface area (Å²) < 4.78 is 38.3. The number of nitrogens with one attached hydrogen (secondary N) is 1. The fraction of sp³-hybridized carbons (Fsp3) is 0.154. The first kappa shape index (κ1) is 14.8. The van der Waals surface area contributed by atoms with Crippen LogP contribution in [0.4, 0.5) is 13.2 Å². The number of rotatable bonds is 3. The zero-order valence-electron chi connectivity index (χ0n) is 10.7. The summed E-state index contributed by atoms with van der Waals surface area (Å²) in [5.41, 5.74) is -1.58. The van der Waals surface area contributed by atoms with E-state index in [2.05, 4.69) is 10.2 Å². The molecule has 0 spiro atoms. The second kappa shape index (κ2) is 5.04. The lowest BCUT2D eigenvalue weighted by molar-refractivity contribution is -0.137. The van der Waals surface area contributed by atoms with Crippen LogP contribution in [-0.4, -0.2) is 27.1 Å². The van der Waals surface area contributed by atoms with E-state index in [1.807, 2.05) is 0 Å². The molecule has 0 atom stereocenters. The van der Waals surface area contributed by atoms with Gasteiger partial charge in [-0.05, 0) is 18.2 Å². The van der Waals surface area contributed by atoms with Crippen LogP contribution in [0.25, 0.3) is 11.1 Å². The van der Waals surface area contributed by atoms with Gasteiger partial charge >= 0.3 is 12.1 Å². The minimum Gasteiger partial charge on any atom is -0.478 e. The Balaban J connectivity index is 2.72. The molecule has 0 fully saturated rings. The fourth-order valence-corrected chi connectivity index (χ4v) is 1.89. The molecule has 5 nitrogen and oxygen atoms in total. The van der Waals surface area contributed by atoms with E-state index in [0.29, 0.717) is 12.1 Å². The Kier molecular flexibility index (Phi) is 3.54. The van der Waals surface area contributed by atoms with E-state index in [0.717, 1.165) is 12.3 Å². The molecule has 1 aromatic carbocycles. The van der Waals surface area contributed by atoms with Crippen LogP contribution in [-0.2, 0) is 6.18 Å². The van der Waals surface area contributed by atoms with Crippen molar-refractivity contribution < 1.29 is 27.9 Å². The van der Waals surface area contributed by atoms with E-state index in [1.165, 1.54) is 6.92 Å². The Labute approximate surface area is 116 Å². The third kappa shape index (κ3) is 2.78. The minimum absolute atomic E-state index is 0.0194. The Hall–Kier alpha value is -2.64. The summed E-state index contributed by atoms with van der Waals surface area (Å²) in [6.07, 6.45) is -3.50. The van der Waals surface area contributed by atoms with Gasteiger partial charge in [0.1, 0.15) is 5.69 Å². The molecule has 0 aliphatic heterocycles. The highest BCUT2D eigenvalue weighted by atomic mass is 19.4. The maximum atomic E-state index is 12.8. The molecule has 21 heavy (non-hydrogen) atoms. The zero-order valence-corrected chi connectivity index (χ0v) is 10.7. The summed E-state index contributed by atoms with van der Waals surface area (Å²) in [6, 6.07) is 2.23. The molecule has 2 aromatic rings. The number of carbonyl (C=O) groups excluding carboxylic acids is 1. The molecule has 0 saturated carbocycles. The van der Waals surface area contributed by atoms with Crippen molar-refractivity contribution in [1.29, 1.82) is 0 Å². The number of halogens is 3. The molecule has 0 amide bonds. The van der Waals surface area contributed by atoms with Gasteiger partial charge in [-0.3, -0.25) is 9.89 Å². The lowest BCUT2D eigenvalue weighted by atomic mass is 9.96. The Morgan fingerprint density at radius 2 is 1.90 bits per heavy atom. The quantitative estimate of drug-likeness (QED) is 0.853. The minimum atomic E-state index is -4.62. The Morgan fingerprint density at radius 1 is 1.24 bits per heavy atom. The predicted molar refractivity (Wildman–Crippen MR) is 66.0 cm³/mol. The van der Waals surface area contributed by atoms with E-state index in [9.17, 15) is 22.8 Å². The summed E-state index contributed by atoms with van der Waals surface area (Å²) >= 11 is 0. The van der Waals surface area contributed by atoms with Gasteiger partial charge in [-0.25, -0.2) is 4.79 Å². The van der Waals surface area contributed by atoms with Gasteiger partial charge in [-0.2, -0.15) is 18.3 Å². The summed E-state index contributed by atoms with van der Waals surface area (Å²) in [5, 5.41) is 15.0. The average molecular weight is 298 g/mol. The third-order valence-corrected chi connectivity index (χ3v) is 2.86. The van der Waals surface area contributed by atoms with E-state index in [4.69, 9.17) is 5.11 Å². The van der Waals surface area contributed by atoms with Crippen molar-refractivity contribution in [2.45, 2.75) is 13.1 Å². The van der Waals surface area contributed by atoms with Crippen molar-refractivity contribution in [3.63, 3.8) is 0 Å². The molecule has 1 heterocycles. The number of H-pyrrole nitrogens is 1. The van der Waals surface area contributed by atoms with Crippen LogP contribution in [0, 0.1) is 0 Å². The van der Waals surface area contributed by atoms with Crippen LogP contribution >= 0.6 is 0 Å². The van der Waals surface area contributed by atoms with Crippen LogP contribution in [0.2, 0.25) is 0 Å². The normalized spacial score (nSPS) is 11.4. The summed E-state index contributed by atoms with van der Waals surface area (Å²) in [4.78, 5) is 22.6. The SMILES string of the molecule is CC(=O)c1[nH]ncc1-c1cc(C(F)(F)F)ccc1C(=O)O. The molecule has 0 saturated heterocycles. The summed E-state index contributed by atoms with van der Waals surface area (Å²) in [7, 11) is 0. The highest BCUT2D eigenvalue weighted by Gasteiger charge is 2.32. The van der Waals surface area contributed by atoms with E-state index in [1.54, 1.807) is 0 Å². The smallest absolute Gasteiger partial charge is 0.416 e. The first-order valence-electron chi connectivity index (χ1n) is 5.71. The number of carboxylic acid groups (broad SMARTS) is 1. The first-order valence-corrected chi connectivity index (χ1v) is 5.71. The maximum absolute atomic E-state index is 12.8. The topological polar surface area (TPSA) is 83.0 Å². The summed E-state index contributed by atoms with van der Waals surface area (Å²) in [5.74, 6) is -1.86. The van der Waals surface area contributed by atoms with Crippen molar-refractivity contribution in [1.82, 2.24) is 10.2 Å². The number of Topliss-reactive ketones (excluding diaryl/α,β-unsaturated/α-hetero) is 1. The van der Waals surface area contributed by atoms with Crippen molar-refractivity contribution in [3.8, 4) is 11.1 Å². The van der Waals surface area contributed by atoms with Gasteiger partial charge in [-0.15, -0.1) is 0 Å². The first-order chi connectivity index (χ1) is 9.71. The standard InChI is InChI=1S/C13H9F3N2O3/c1-6(19)11-10(5-17-18-11)9-4-7(13(14,15)16)2-3-8(9)12(20)21/h2-5H,1H3,(H,17,18)(H,20,21). The molecule has 1 aromatic heterocycles. The highest BCUT2D eigenvalue weighted by molar-refractivity contribution is 6.03. The maximum Gasteiger partial charge on any atom is 0.416 e. The molecular formula is C13H9F3N2O3. The molecule has 0 unspecified atom stereocenters. The predicted octanol–water partition coefficient (Wildman–Crippen LogP) is 3.00. The number of hydrogen-bond donors (Lipinski definition) is 2. The van der Waals surface area contributed by atoms with Gasteiger partial charge in [0, 0.05) is 18.1 Å². The molecule has 8 heteroatoms. The molecule has 110 valence electrons. The monoisotopic (exact) mass is 298 g/mol. The van der Waals surface area contributed by atoms with Crippen molar-refractivity contribution >= 4 is 11.8 Å². The Morgan fingerprint density at radius 3 is 2.43 bits per heavy atom. The second-order valence-corrected chi connectivity index (χ2v) is 4.28. The lowest BCUT2D eigenvalue weighted by Crippen LogP contribution is -2.08. The van der Waals surface area contributed by atoms with Crippen molar-refractivity contribution in [3.05, 3.63) is 41.2 Å². The number of hydrogen-bond acceptors (Lipinski definition) is 3. The van der Waals surface area contributed by atoms with Crippen LogP contribution in [0.15, 0.2) is 24.4 Å². The Bertz CT molecular complexity index is 720. The number of alkyl halides is 3. The van der Waals surface area contributed by atoms with Gasteiger partial charge in [0.05, 0.1) is 17.3 Å². The molecule has 0 bridgehead atoms. The number of aromatic nitrogens is 2. The van der Waals surface area contributed by atoms with Crippen LogP contribution < -0.4 is 0 Å². The van der Waals surface area contributed by atoms with E-state index < -0.39 is 23.5 Å². The van der Waals surface area contributed by atoms with Crippen molar-refractivity contribution in [2.75, 3.05) is 0 Å². The van der Waals surface area contributed by atoms with Gasteiger partial charge < -0.3 is 5.11 Å². The highest BCUT2D eigenvalue weighted by Crippen LogP contribution is 2.34. The van der Waals surface area contributed by atoms with Gasteiger partial charge in [0.25, 0.3) is 0 Å². The molecule has 0 aliphatic rings. The van der Waals surface area contributed by atoms with Crippen molar-refractivity contribution in [2.24, 2.45) is 0 Å². The lowest BCUT2D eigenvalue weighted by Gasteiger charge is -2.11. The van der Waals surface area contributed by atoms with Crippen LogP contribution in [0.5, 0.6) is 0 Å². The second-order valence-electron chi connectivity index (χ2n) is 4.28. The average Bonchev–Trinajstić information content (AvgIpc) is 2.85. The molecular weight excluding hydrogens is 289 g/mol. The molecule has 0 radical (unpaired) electrons. The molecule has 0 aliphatic carbocycles. The van der Waals surface area contributed by atoms with Gasteiger partial charge in [0.2, 0.25) is 0 Å². The molecule has 2 rings (SSSR count). The largest absolute Gasteiger partial charge is 0.478 e. The number of aromatic carboxylic acids is 1. The number of carbonyl (C=O) groups is 2. The zero-order chi connectivity index (χ0) is 15.8. The number of nitrogens with zero attached hydrogens (tertiary/aromatic N) is 1. The number of carboxylic acids is 1. The van der Waals surface area contributed by atoms with Gasteiger partial charge in [0.15, 0.2) is 5.78 Å². The van der Waals surface area contributed by atoms with E-state index >= 15 is 0 Å². The number of benzene rings is 1.